The van der Waals surface area contributed by atoms with Crippen LogP contribution in [0.5, 0.6) is 0 Å². The molecule has 2 aliphatic heterocycles. The number of nitrogens with zero attached hydrogens (tertiary/aromatic N) is 2. The van der Waals surface area contributed by atoms with Crippen LogP contribution in [0.4, 0.5) is 9.18 Å². The van der Waals surface area contributed by atoms with E-state index in [0.29, 0.717) is 54.2 Å². The van der Waals surface area contributed by atoms with Gasteiger partial charge in [-0.15, -0.1) is 11.8 Å². The Morgan fingerprint density at radius 2 is 2.05 bits per heavy atom. The van der Waals surface area contributed by atoms with Crippen LogP contribution in [0.3, 0.4) is 0 Å². The smallest absolute Gasteiger partial charge is 0.428 e. The number of carbonyl (C=O) groups is 2. The van der Waals surface area contributed by atoms with Gasteiger partial charge >= 0.3 is 6.09 Å². The average Bonchev–Trinajstić information content (AvgIpc) is 3.29. The van der Waals surface area contributed by atoms with E-state index in [1.165, 1.54) is 24.3 Å². The quantitative estimate of drug-likeness (QED) is 0.422. The van der Waals surface area contributed by atoms with Gasteiger partial charge in [0.25, 0.3) is 5.91 Å². The van der Waals surface area contributed by atoms with E-state index in [0.717, 1.165) is 10.5 Å². The van der Waals surface area contributed by atoms with E-state index < -0.39 is 11.7 Å². The first kappa shape index (κ1) is 25.6. The molecule has 0 radical (unpaired) electrons. The van der Waals surface area contributed by atoms with Crippen molar-refractivity contribution in [3.8, 4) is 0 Å². The number of halogens is 2. The van der Waals surface area contributed by atoms with E-state index in [1.54, 1.807) is 11.8 Å². The lowest BCUT2D eigenvalue weighted by molar-refractivity contribution is 0.00486. The Morgan fingerprint density at radius 3 is 2.78 bits per heavy atom. The molecule has 1 saturated heterocycles. The first-order valence-corrected chi connectivity index (χ1v) is 13.5. The van der Waals surface area contributed by atoms with Gasteiger partial charge in [0.2, 0.25) is 0 Å². The molecule has 5 rings (SSSR count). The van der Waals surface area contributed by atoms with Crippen molar-refractivity contribution in [1.82, 2.24) is 15.6 Å². The minimum Gasteiger partial charge on any atom is -0.451 e. The van der Waals surface area contributed by atoms with Gasteiger partial charge < -0.3 is 19.4 Å². The highest BCUT2D eigenvalue weighted by Crippen LogP contribution is 2.36. The standard InChI is InChI=1S/C26H26ClFN4O4S/c1-15(29-24(33)22-12-16-11-17(28)3-6-21(16)35-22)14-32-9-7-26(8-10-32)23(30-31-25(34)36-26)19-5-4-18(37-2)13-20(19)27/h3-6,11-13,15H,7-10,14H2,1-2H3,(H,29,33)(H,31,34)/t15-/m0/s1. The zero-order valence-electron chi connectivity index (χ0n) is 20.3. The Morgan fingerprint density at radius 1 is 1.27 bits per heavy atom. The van der Waals surface area contributed by atoms with Crippen LogP contribution in [0.15, 0.2) is 56.9 Å². The van der Waals surface area contributed by atoms with Crippen LogP contribution >= 0.6 is 23.4 Å². The lowest BCUT2D eigenvalue weighted by atomic mass is 9.82. The summed E-state index contributed by atoms with van der Waals surface area (Å²) >= 11 is 8.16. The van der Waals surface area contributed by atoms with Crippen molar-refractivity contribution in [2.24, 2.45) is 5.10 Å². The topological polar surface area (TPSA) is 96.2 Å². The Balaban J connectivity index is 1.23. The fourth-order valence-electron chi connectivity index (χ4n) is 4.86. The van der Waals surface area contributed by atoms with Crippen molar-refractivity contribution in [1.29, 1.82) is 0 Å². The predicted molar refractivity (Wildman–Crippen MR) is 141 cm³/mol. The molecule has 2 aromatic carbocycles. The highest BCUT2D eigenvalue weighted by Gasteiger charge is 2.46. The highest BCUT2D eigenvalue weighted by molar-refractivity contribution is 7.98. The lowest BCUT2D eigenvalue weighted by Gasteiger charge is -2.43. The van der Waals surface area contributed by atoms with Gasteiger partial charge in [0, 0.05) is 54.4 Å². The molecule has 37 heavy (non-hydrogen) atoms. The third-order valence-corrected chi connectivity index (χ3v) is 7.72. The predicted octanol–water partition coefficient (Wildman–Crippen LogP) is 5.04. The van der Waals surface area contributed by atoms with Gasteiger partial charge in [0.1, 0.15) is 17.1 Å². The van der Waals surface area contributed by atoms with Crippen LogP contribution in [0.2, 0.25) is 5.02 Å². The first-order chi connectivity index (χ1) is 17.8. The maximum atomic E-state index is 13.4. The number of hydrazone groups is 1. The lowest BCUT2D eigenvalue weighted by Crippen LogP contribution is -2.57. The molecular formula is C26H26ClFN4O4S. The second-order valence-electron chi connectivity index (χ2n) is 9.27. The number of rotatable bonds is 6. The molecule has 0 saturated carbocycles. The maximum Gasteiger partial charge on any atom is 0.428 e. The summed E-state index contributed by atoms with van der Waals surface area (Å²) < 4.78 is 24.8. The molecule has 0 bridgehead atoms. The molecule has 2 aliphatic rings. The normalized spacial score (nSPS) is 18.3. The number of nitrogens with one attached hydrogen (secondary N) is 2. The number of carbonyl (C=O) groups excluding carboxylic acids is 2. The van der Waals surface area contributed by atoms with Crippen molar-refractivity contribution >= 4 is 52.0 Å². The summed E-state index contributed by atoms with van der Waals surface area (Å²) in [5.41, 5.74) is 3.36. The fraction of sp³-hybridized carbons (Fsp3) is 0.346. The summed E-state index contributed by atoms with van der Waals surface area (Å²) in [5.74, 6) is -0.608. The molecule has 1 aromatic heterocycles. The maximum absolute atomic E-state index is 13.4. The second-order valence-corrected chi connectivity index (χ2v) is 10.6. The van der Waals surface area contributed by atoms with E-state index in [-0.39, 0.29) is 23.5 Å². The largest absolute Gasteiger partial charge is 0.451 e. The van der Waals surface area contributed by atoms with Gasteiger partial charge in [-0.05, 0) is 49.6 Å². The summed E-state index contributed by atoms with van der Waals surface area (Å²) in [4.78, 5) is 28.1. The summed E-state index contributed by atoms with van der Waals surface area (Å²) in [5, 5.41) is 8.38. The number of fused-ring (bicyclic) bond motifs is 1. The van der Waals surface area contributed by atoms with Crippen molar-refractivity contribution in [2.45, 2.75) is 36.3 Å². The van der Waals surface area contributed by atoms with E-state index in [2.05, 4.69) is 20.7 Å². The molecule has 2 N–H and O–H groups in total. The third-order valence-electron chi connectivity index (χ3n) is 6.69. The summed E-state index contributed by atoms with van der Waals surface area (Å²) in [7, 11) is 0. The average molecular weight is 545 g/mol. The van der Waals surface area contributed by atoms with E-state index >= 15 is 0 Å². The number of benzene rings is 2. The Bertz CT molecular complexity index is 1390. The van der Waals surface area contributed by atoms with Crippen LogP contribution in [-0.4, -0.2) is 60.1 Å². The minimum atomic E-state index is -0.876. The summed E-state index contributed by atoms with van der Waals surface area (Å²) in [6, 6.07) is 11.2. The molecule has 194 valence electrons. The van der Waals surface area contributed by atoms with Gasteiger partial charge in [-0.3, -0.25) is 4.79 Å². The molecular weight excluding hydrogens is 519 g/mol. The third kappa shape index (κ3) is 5.32. The second kappa shape index (κ2) is 10.4. The fourth-order valence-corrected chi connectivity index (χ4v) is 5.64. The van der Waals surface area contributed by atoms with Gasteiger partial charge in [-0.25, -0.2) is 14.6 Å². The minimum absolute atomic E-state index is 0.136. The zero-order chi connectivity index (χ0) is 26.2. The molecule has 11 heteroatoms. The van der Waals surface area contributed by atoms with Gasteiger partial charge in [0.05, 0.1) is 5.02 Å². The molecule has 3 aromatic rings. The number of hydrogen-bond acceptors (Lipinski definition) is 7. The summed E-state index contributed by atoms with van der Waals surface area (Å²) in [6.07, 6.45) is 2.47. The number of ether oxygens (including phenoxy) is 1. The first-order valence-electron chi connectivity index (χ1n) is 11.9. The molecule has 1 atom stereocenters. The van der Waals surface area contributed by atoms with E-state index in [1.807, 2.05) is 31.4 Å². The SMILES string of the molecule is CSc1ccc(C2=NNC(=O)OC23CCN(C[C@H](C)NC(=O)c2cc4cc(F)ccc4o2)CC3)c(Cl)c1. The summed E-state index contributed by atoms with van der Waals surface area (Å²) in [6.45, 7) is 3.78. The van der Waals surface area contributed by atoms with Crippen molar-refractivity contribution in [2.75, 3.05) is 25.9 Å². The Labute approximate surface area is 222 Å². The van der Waals surface area contributed by atoms with Gasteiger partial charge in [0.15, 0.2) is 11.4 Å². The number of thioether (sulfide) groups is 1. The van der Waals surface area contributed by atoms with E-state index in [9.17, 15) is 14.0 Å². The molecule has 8 nitrogen and oxygen atoms in total. The van der Waals surface area contributed by atoms with E-state index in [4.69, 9.17) is 20.8 Å². The van der Waals surface area contributed by atoms with Crippen LogP contribution in [0.25, 0.3) is 11.0 Å². The Hall–Kier alpha value is -3.08. The zero-order valence-corrected chi connectivity index (χ0v) is 21.9. The highest BCUT2D eigenvalue weighted by atomic mass is 35.5. The van der Waals surface area contributed by atoms with Crippen LogP contribution in [0.1, 0.15) is 35.9 Å². The number of piperidine rings is 1. The number of amides is 2. The number of furan rings is 1. The molecule has 1 spiro atoms. The van der Waals surface area contributed by atoms with Crippen LogP contribution < -0.4 is 10.7 Å². The Kier molecular flexibility index (Phi) is 7.15. The van der Waals surface area contributed by atoms with Crippen LogP contribution in [-0.2, 0) is 4.74 Å². The van der Waals surface area contributed by atoms with Crippen molar-refractivity contribution < 1.29 is 23.1 Å². The molecule has 3 heterocycles. The van der Waals surface area contributed by atoms with Crippen LogP contribution in [0, 0.1) is 5.82 Å². The number of likely N-dealkylation sites (tertiary alicyclic amines) is 1. The van der Waals surface area contributed by atoms with Gasteiger partial charge in [-0.2, -0.15) is 5.10 Å². The molecule has 2 amide bonds. The molecule has 0 unspecified atom stereocenters. The molecule has 0 aliphatic carbocycles. The van der Waals surface area contributed by atoms with Gasteiger partial charge in [-0.1, -0.05) is 17.7 Å². The van der Waals surface area contributed by atoms with Crippen molar-refractivity contribution in [3.63, 3.8) is 0 Å². The molecule has 1 fully saturated rings. The van der Waals surface area contributed by atoms with Crippen molar-refractivity contribution in [3.05, 3.63) is 64.6 Å². The monoisotopic (exact) mass is 544 g/mol. The number of hydrogen-bond donors (Lipinski definition) is 2.